The van der Waals surface area contributed by atoms with Crippen molar-refractivity contribution < 1.29 is 0 Å². The molecule has 0 heterocycles. The molecule has 10 heavy (non-hydrogen) atoms. The summed E-state index contributed by atoms with van der Waals surface area (Å²) in [4.78, 5) is 2.62. The summed E-state index contributed by atoms with van der Waals surface area (Å²) in [5.41, 5.74) is 0. The molecule has 0 N–H and O–H groups in total. The molecule has 0 amide bonds. The van der Waals surface area contributed by atoms with Crippen LogP contribution in [0.1, 0.15) is 40.0 Å². The van der Waals surface area contributed by atoms with E-state index >= 15 is 0 Å². The number of nitrogens with zero attached hydrogens (tertiary/aromatic N) is 1. The van der Waals surface area contributed by atoms with Gasteiger partial charge in [0.15, 0.2) is 0 Å². The monoisotopic (exact) mass is 141 g/mol. The standard InChI is InChI=1S/C9H19N/c1-4-8(3)10(5-2)9-6-7-9/h8-9H,4-7H2,1-3H3. The normalized spacial score (nSPS) is 21.6. The predicted octanol–water partition coefficient (Wildman–Crippen LogP) is 2.27. The molecule has 0 aliphatic heterocycles. The molecule has 0 aromatic rings. The molecule has 0 spiro atoms. The van der Waals surface area contributed by atoms with Crippen molar-refractivity contribution in [1.29, 1.82) is 0 Å². The van der Waals surface area contributed by atoms with Gasteiger partial charge in [0.2, 0.25) is 0 Å². The second-order valence-electron chi connectivity index (χ2n) is 3.32. The van der Waals surface area contributed by atoms with Crippen LogP contribution in [-0.2, 0) is 0 Å². The van der Waals surface area contributed by atoms with Crippen LogP contribution in [0.25, 0.3) is 0 Å². The van der Waals surface area contributed by atoms with Crippen LogP contribution < -0.4 is 0 Å². The molecule has 1 fully saturated rings. The van der Waals surface area contributed by atoms with E-state index in [1.54, 1.807) is 0 Å². The lowest BCUT2D eigenvalue weighted by atomic mass is 10.2. The summed E-state index contributed by atoms with van der Waals surface area (Å²) in [6, 6.07) is 1.75. The number of rotatable bonds is 4. The van der Waals surface area contributed by atoms with Gasteiger partial charge in [0, 0.05) is 12.1 Å². The molecule has 1 unspecified atom stereocenters. The van der Waals surface area contributed by atoms with Crippen LogP contribution in [0.5, 0.6) is 0 Å². The van der Waals surface area contributed by atoms with Gasteiger partial charge in [-0.15, -0.1) is 0 Å². The quantitative estimate of drug-likeness (QED) is 0.580. The second kappa shape index (κ2) is 3.38. The fourth-order valence-corrected chi connectivity index (χ4v) is 1.57. The third-order valence-corrected chi connectivity index (χ3v) is 2.54. The second-order valence-corrected chi connectivity index (χ2v) is 3.32. The molecule has 1 nitrogen and oxygen atoms in total. The maximum atomic E-state index is 2.62. The Hall–Kier alpha value is -0.0400. The Labute approximate surface area is 64.4 Å². The Morgan fingerprint density at radius 1 is 1.40 bits per heavy atom. The van der Waals surface area contributed by atoms with Crippen LogP contribution in [0.2, 0.25) is 0 Å². The van der Waals surface area contributed by atoms with E-state index in [4.69, 9.17) is 0 Å². The van der Waals surface area contributed by atoms with Crippen LogP contribution in [0.3, 0.4) is 0 Å². The Bertz CT molecular complexity index is 96.9. The maximum Gasteiger partial charge on any atom is 0.00991 e. The van der Waals surface area contributed by atoms with E-state index < -0.39 is 0 Å². The average molecular weight is 141 g/mol. The van der Waals surface area contributed by atoms with Crippen molar-refractivity contribution in [3.63, 3.8) is 0 Å². The van der Waals surface area contributed by atoms with Crippen LogP contribution >= 0.6 is 0 Å². The Morgan fingerprint density at radius 3 is 2.30 bits per heavy atom. The summed E-state index contributed by atoms with van der Waals surface area (Å²) in [6.45, 7) is 8.11. The molecule has 1 aliphatic carbocycles. The zero-order valence-electron chi connectivity index (χ0n) is 7.43. The van der Waals surface area contributed by atoms with E-state index in [0.29, 0.717) is 0 Å². The summed E-state index contributed by atoms with van der Waals surface area (Å²) < 4.78 is 0. The molecule has 0 bridgehead atoms. The molecule has 0 radical (unpaired) electrons. The van der Waals surface area contributed by atoms with Gasteiger partial charge in [-0.1, -0.05) is 13.8 Å². The van der Waals surface area contributed by atoms with Gasteiger partial charge in [-0.3, -0.25) is 4.90 Å². The lowest BCUT2D eigenvalue weighted by Gasteiger charge is -2.26. The van der Waals surface area contributed by atoms with Crippen molar-refractivity contribution in [2.24, 2.45) is 0 Å². The van der Waals surface area contributed by atoms with Crippen LogP contribution in [0, 0.1) is 0 Å². The first kappa shape index (κ1) is 8.06. The summed E-state index contributed by atoms with van der Waals surface area (Å²) >= 11 is 0. The molecule has 1 aliphatic rings. The number of hydrogen-bond donors (Lipinski definition) is 0. The lowest BCUT2D eigenvalue weighted by Crippen LogP contribution is -2.34. The fraction of sp³-hybridized carbons (Fsp3) is 1.00. The molecule has 1 heteroatoms. The molecule has 1 rings (SSSR count). The van der Waals surface area contributed by atoms with Gasteiger partial charge in [-0.2, -0.15) is 0 Å². The van der Waals surface area contributed by atoms with Crippen molar-refractivity contribution >= 4 is 0 Å². The first-order chi connectivity index (χ1) is 4.79. The minimum absolute atomic E-state index is 0.803. The van der Waals surface area contributed by atoms with Gasteiger partial charge in [-0.05, 0) is 32.7 Å². The predicted molar refractivity (Wildman–Crippen MR) is 45.2 cm³/mol. The highest BCUT2D eigenvalue weighted by Gasteiger charge is 2.29. The van der Waals surface area contributed by atoms with Crippen LogP contribution in [0.15, 0.2) is 0 Å². The molecule has 60 valence electrons. The van der Waals surface area contributed by atoms with E-state index in [2.05, 4.69) is 25.7 Å². The topological polar surface area (TPSA) is 3.24 Å². The van der Waals surface area contributed by atoms with Crippen LogP contribution in [-0.4, -0.2) is 23.5 Å². The largest absolute Gasteiger partial charge is 0.298 e. The van der Waals surface area contributed by atoms with Gasteiger partial charge in [0.1, 0.15) is 0 Å². The highest BCUT2D eigenvalue weighted by molar-refractivity contribution is 4.86. The minimum atomic E-state index is 0.803. The fourth-order valence-electron chi connectivity index (χ4n) is 1.57. The van der Waals surface area contributed by atoms with Gasteiger partial charge in [0.25, 0.3) is 0 Å². The smallest absolute Gasteiger partial charge is 0.00991 e. The number of hydrogen-bond acceptors (Lipinski definition) is 1. The Balaban J connectivity index is 2.30. The van der Waals surface area contributed by atoms with Gasteiger partial charge in [-0.25, -0.2) is 0 Å². The van der Waals surface area contributed by atoms with Gasteiger partial charge >= 0.3 is 0 Å². The van der Waals surface area contributed by atoms with Crippen molar-refractivity contribution in [3.05, 3.63) is 0 Å². The Morgan fingerprint density at radius 2 is 2.00 bits per heavy atom. The summed E-state index contributed by atoms with van der Waals surface area (Å²) in [5, 5.41) is 0. The third-order valence-electron chi connectivity index (χ3n) is 2.54. The summed E-state index contributed by atoms with van der Waals surface area (Å²) in [6.07, 6.45) is 4.18. The summed E-state index contributed by atoms with van der Waals surface area (Å²) in [7, 11) is 0. The van der Waals surface area contributed by atoms with Crippen molar-refractivity contribution in [1.82, 2.24) is 4.90 Å². The highest BCUT2D eigenvalue weighted by atomic mass is 15.2. The van der Waals surface area contributed by atoms with Gasteiger partial charge in [0.05, 0.1) is 0 Å². The zero-order chi connectivity index (χ0) is 7.56. The average Bonchev–Trinajstić information content (AvgIpc) is 2.73. The zero-order valence-corrected chi connectivity index (χ0v) is 7.43. The Kier molecular flexibility index (Phi) is 2.72. The van der Waals surface area contributed by atoms with Crippen LogP contribution in [0.4, 0.5) is 0 Å². The van der Waals surface area contributed by atoms with E-state index in [9.17, 15) is 0 Å². The van der Waals surface area contributed by atoms with E-state index in [1.165, 1.54) is 25.8 Å². The lowest BCUT2D eigenvalue weighted by molar-refractivity contribution is 0.204. The summed E-state index contributed by atoms with van der Waals surface area (Å²) in [5.74, 6) is 0. The van der Waals surface area contributed by atoms with E-state index in [-0.39, 0.29) is 0 Å². The molecular weight excluding hydrogens is 122 g/mol. The van der Waals surface area contributed by atoms with Crippen molar-refractivity contribution in [3.8, 4) is 0 Å². The molecule has 1 atom stereocenters. The maximum absolute atomic E-state index is 2.62. The molecule has 0 saturated heterocycles. The van der Waals surface area contributed by atoms with Crippen molar-refractivity contribution in [2.75, 3.05) is 6.54 Å². The van der Waals surface area contributed by atoms with E-state index in [1.807, 2.05) is 0 Å². The van der Waals surface area contributed by atoms with Gasteiger partial charge < -0.3 is 0 Å². The molecule has 0 aromatic carbocycles. The SMILES string of the molecule is CCC(C)N(CC)C1CC1. The molecule has 1 saturated carbocycles. The molecular formula is C9H19N. The first-order valence-corrected chi connectivity index (χ1v) is 4.55. The third kappa shape index (κ3) is 1.72. The first-order valence-electron chi connectivity index (χ1n) is 4.55. The van der Waals surface area contributed by atoms with Crippen molar-refractivity contribution in [2.45, 2.75) is 52.1 Å². The highest BCUT2D eigenvalue weighted by Crippen LogP contribution is 2.28. The minimum Gasteiger partial charge on any atom is -0.298 e. The molecule has 0 aromatic heterocycles. The van der Waals surface area contributed by atoms with E-state index in [0.717, 1.165) is 12.1 Å².